The summed E-state index contributed by atoms with van der Waals surface area (Å²) in [6.07, 6.45) is 5.21. The fourth-order valence-electron chi connectivity index (χ4n) is 3.25. The van der Waals surface area contributed by atoms with Crippen LogP contribution in [0.15, 0.2) is 24.3 Å². The summed E-state index contributed by atoms with van der Waals surface area (Å²) in [5, 5.41) is 3.47. The molecule has 0 aromatic heterocycles. The highest BCUT2D eigenvalue weighted by Crippen LogP contribution is 2.29. The van der Waals surface area contributed by atoms with Crippen molar-refractivity contribution in [3.63, 3.8) is 0 Å². The maximum absolute atomic E-state index is 6.10. The van der Waals surface area contributed by atoms with E-state index in [-0.39, 0.29) is 24.8 Å². The van der Waals surface area contributed by atoms with Crippen molar-refractivity contribution < 1.29 is 4.43 Å². The van der Waals surface area contributed by atoms with E-state index in [1.165, 1.54) is 31.2 Å². The first-order valence-electron chi connectivity index (χ1n) is 9.23. The average molecular weight is 408 g/mol. The van der Waals surface area contributed by atoms with Gasteiger partial charge in [-0.1, -0.05) is 38.3 Å². The number of hydrogen-bond acceptors (Lipinski definition) is 3. The summed E-state index contributed by atoms with van der Waals surface area (Å²) in [6.45, 7) is 13.5. The first-order valence-corrected chi connectivity index (χ1v) is 12.6. The second-order valence-electron chi connectivity index (χ2n) is 7.58. The minimum atomic E-state index is -1.52. The number of nitrogens with zero attached hydrogens (tertiary/aromatic N) is 1. The Labute approximate surface area is 167 Å². The van der Waals surface area contributed by atoms with Gasteiger partial charge in [0.15, 0.2) is 0 Å². The van der Waals surface area contributed by atoms with Gasteiger partial charge in [-0.05, 0) is 43.8 Å². The zero-order chi connectivity index (χ0) is 16.7. The van der Waals surface area contributed by atoms with E-state index in [9.17, 15) is 0 Å². The molecule has 3 nitrogen and oxygen atoms in total. The Bertz CT molecular complexity index is 459. The number of hydrogen-bond donors (Lipinski definition) is 1. The highest BCUT2D eigenvalue weighted by Gasteiger charge is 2.22. The zero-order valence-corrected chi connectivity index (χ0v) is 18.8. The van der Waals surface area contributed by atoms with Crippen LogP contribution >= 0.6 is 24.8 Å². The van der Waals surface area contributed by atoms with Crippen LogP contribution in [0.25, 0.3) is 0 Å². The third-order valence-electron chi connectivity index (χ3n) is 4.36. The summed E-state index contributed by atoms with van der Waals surface area (Å²) >= 11 is 0. The van der Waals surface area contributed by atoms with Gasteiger partial charge in [-0.2, -0.15) is 0 Å². The summed E-state index contributed by atoms with van der Waals surface area (Å²) in [4.78, 5) is 2.65. The Balaban J connectivity index is 0.00000288. The van der Waals surface area contributed by atoms with Crippen LogP contribution in [0, 0.1) is 0 Å². The van der Waals surface area contributed by atoms with E-state index in [2.05, 4.69) is 61.0 Å². The van der Waals surface area contributed by atoms with Gasteiger partial charge in [-0.15, -0.1) is 24.8 Å². The lowest BCUT2D eigenvalue weighted by Gasteiger charge is -2.35. The zero-order valence-electron chi connectivity index (χ0n) is 16.2. The lowest BCUT2D eigenvalue weighted by Crippen LogP contribution is -2.45. The van der Waals surface area contributed by atoms with E-state index in [1.54, 1.807) is 0 Å². The number of piperazine rings is 1. The first kappa shape index (κ1) is 24.7. The minimum absolute atomic E-state index is 0. The molecule has 0 aliphatic carbocycles. The van der Waals surface area contributed by atoms with Crippen LogP contribution in [-0.4, -0.2) is 39.4 Å². The predicted molar refractivity (Wildman–Crippen MR) is 116 cm³/mol. The molecule has 1 heterocycles. The molecule has 0 saturated carbocycles. The van der Waals surface area contributed by atoms with Gasteiger partial charge >= 0.3 is 0 Å². The van der Waals surface area contributed by atoms with E-state index in [0.717, 1.165) is 31.9 Å². The van der Waals surface area contributed by atoms with Crippen LogP contribution < -0.4 is 9.74 Å². The van der Waals surface area contributed by atoms with Crippen LogP contribution in [0.5, 0.6) is 5.75 Å². The lowest BCUT2D eigenvalue weighted by atomic mass is 9.98. The van der Waals surface area contributed by atoms with Gasteiger partial charge in [-0.3, -0.25) is 4.90 Å². The second-order valence-corrected chi connectivity index (χ2v) is 12.0. The van der Waals surface area contributed by atoms with Crippen LogP contribution in [0.4, 0.5) is 0 Å². The Morgan fingerprint density at radius 2 is 1.64 bits per heavy atom. The van der Waals surface area contributed by atoms with Crippen molar-refractivity contribution in [2.24, 2.45) is 0 Å². The molecule has 1 aliphatic rings. The fourth-order valence-corrected chi connectivity index (χ4v) is 4.10. The van der Waals surface area contributed by atoms with E-state index in [4.69, 9.17) is 4.43 Å². The maximum atomic E-state index is 6.10. The molecule has 1 aromatic rings. The molecule has 0 amide bonds. The topological polar surface area (TPSA) is 24.5 Å². The molecule has 2 rings (SSSR count). The molecule has 25 heavy (non-hydrogen) atoms. The molecule has 1 atom stereocenters. The van der Waals surface area contributed by atoms with Crippen LogP contribution in [0.3, 0.4) is 0 Å². The largest absolute Gasteiger partial charge is 0.544 e. The summed E-state index contributed by atoms with van der Waals surface area (Å²) in [5.74, 6) is 1.03. The lowest BCUT2D eigenvalue weighted by molar-refractivity contribution is 0.162. The van der Waals surface area contributed by atoms with Gasteiger partial charge in [0.05, 0.1) is 0 Å². The van der Waals surface area contributed by atoms with Gasteiger partial charge < -0.3 is 9.74 Å². The maximum Gasteiger partial charge on any atom is 0.242 e. The van der Waals surface area contributed by atoms with Crippen LogP contribution in [0.2, 0.25) is 19.6 Å². The second kappa shape index (κ2) is 12.2. The molecular weight excluding hydrogens is 371 g/mol. The van der Waals surface area contributed by atoms with Crippen molar-refractivity contribution in [1.29, 1.82) is 0 Å². The van der Waals surface area contributed by atoms with Gasteiger partial charge in [-0.25, -0.2) is 0 Å². The normalized spacial score (nSPS) is 16.5. The Hall–Kier alpha value is -0.263. The Kier molecular flexibility index (Phi) is 12.1. The summed E-state index contributed by atoms with van der Waals surface area (Å²) in [7, 11) is -1.52. The van der Waals surface area contributed by atoms with E-state index < -0.39 is 8.32 Å². The summed E-state index contributed by atoms with van der Waals surface area (Å²) < 4.78 is 6.10. The Morgan fingerprint density at radius 3 is 2.16 bits per heavy atom. The molecule has 1 saturated heterocycles. The summed E-state index contributed by atoms with van der Waals surface area (Å²) in [6, 6.07) is 9.47. The van der Waals surface area contributed by atoms with Gasteiger partial charge in [0.2, 0.25) is 8.32 Å². The molecule has 0 unspecified atom stereocenters. The number of benzene rings is 1. The quantitative estimate of drug-likeness (QED) is 0.469. The van der Waals surface area contributed by atoms with E-state index in [1.807, 2.05) is 0 Å². The van der Waals surface area contributed by atoms with Crippen LogP contribution in [0.1, 0.15) is 44.2 Å². The highest BCUT2D eigenvalue weighted by molar-refractivity contribution is 6.70. The number of rotatable bonds is 8. The van der Waals surface area contributed by atoms with Crippen molar-refractivity contribution in [3.8, 4) is 5.75 Å². The molecule has 0 radical (unpaired) electrons. The average Bonchev–Trinajstić information content (AvgIpc) is 2.52. The molecule has 0 spiro atoms. The predicted octanol–water partition coefficient (Wildman–Crippen LogP) is 5.27. The monoisotopic (exact) mass is 406 g/mol. The molecule has 1 N–H and O–H groups in total. The molecule has 1 aromatic carbocycles. The van der Waals surface area contributed by atoms with E-state index >= 15 is 0 Å². The summed E-state index contributed by atoms with van der Waals surface area (Å²) in [5.41, 5.74) is 1.45. The number of nitrogens with one attached hydrogen (secondary N) is 1. The SMILES string of the molecule is CCCCC[C@H](c1ccc(O[Si](C)(C)C)cc1)N1CCNCC1.Cl.Cl. The smallest absolute Gasteiger partial charge is 0.242 e. The standard InChI is InChI=1S/C19H34N2OSi.2ClH/c1-5-6-7-8-19(21-15-13-20-14-16-21)17-9-11-18(12-10-17)22-23(2,3)4;;/h9-12,19-20H,5-8,13-16H2,1-4H3;2*1H/t19-;;/m1../s1. The van der Waals surface area contributed by atoms with Crippen molar-refractivity contribution in [3.05, 3.63) is 29.8 Å². The molecule has 146 valence electrons. The molecule has 1 aliphatic heterocycles. The van der Waals surface area contributed by atoms with Gasteiger partial charge in [0.1, 0.15) is 5.75 Å². The fraction of sp³-hybridized carbons (Fsp3) is 0.684. The molecule has 0 bridgehead atoms. The first-order chi connectivity index (χ1) is 11.0. The van der Waals surface area contributed by atoms with Gasteiger partial charge in [0, 0.05) is 32.2 Å². The van der Waals surface area contributed by atoms with Crippen molar-refractivity contribution >= 4 is 33.1 Å². The minimum Gasteiger partial charge on any atom is -0.544 e. The third-order valence-corrected chi connectivity index (χ3v) is 5.21. The van der Waals surface area contributed by atoms with E-state index in [0.29, 0.717) is 6.04 Å². The van der Waals surface area contributed by atoms with Gasteiger partial charge in [0.25, 0.3) is 0 Å². The van der Waals surface area contributed by atoms with Crippen molar-refractivity contribution in [2.45, 2.75) is 58.3 Å². The highest BCUT2D eigenvalue weighted by atomic mass is 35.5. The third kappa shape index (κ3) is 8.78. The molecule has 1 fully saturated rings. The molecular formula is C19H36Cl2N2OSi. The van der Waals surface area contributed by atoms with Crippen molar-refractivity contribution in [1.82, 2.24) is 10.2 Å². The molecule has 6 heteroatoms. The van der Waals surface area contributed by atoms with Crippen molar-refractivity contribution in [2.75, 3.05) is 26.2 Å². The Morgan fingerprint density at radius 1 is 1.04 bits per heavy atom. The number of unbranched alkanes of at least 4 members (excludes halogenated alkanes) is 2. The number of halogens is 2. The van der Waals surface area contributed by atoms with Crippen LogP contribution in [-0.2, 0) is 0 Å².